The summed E-state index contributed by atoms with van der Waals surface area (Å²) in [5.74, 6) is 0.816. The maximum absolute atomic E-state index is 5.39. The van der Waals surface area contributed by atoms with E-state index in [1.165, 1.54) is 20.9 Å². The molecule has 0 bridgehead atoms. The van der Waals surface area contributed by atoms with Gasteiger partial charge < -0.3 is 15.4 Å². The van der Waals surface area contributed by atoms with Gasteiger partial charge in [0.05, 0.1) is 7.11 Å². The highest BCUT2D eigenvalue weighted by Gasteiger charge is 2.03. The lowest BCUT2D eigenvalue weighted by molar-refractivity contribution is 0.415. The molecule has 0 aromatic heterocycles. The summed E-state index contributed by atoms with van der Waals surface area (Å²) in [5, 5.41) is 6.93. The van der Waals surface area contributed by atoms with Crippen molar-refractivity contribution in [1.82, 2.24) is 0 Å². The van der Waals surface area contributed by atoms with Gasteiger partial charge in [0, 0.05) is 21.2 Å². The minimum Gasteiger partial charge on any atom is -0.497 e. The number of ether oxygens (including phenoxy) is 1. The summed E-state index contributed by atoms with van der Waals surface area (Å²) < 4.78 is 5.16. The first kappa shape index (κ1) is 19.3. The Balaban J connectivity index is 1.58. The molecule has 0 unspecified atom stereocenters. The highest BCUT2D eigenvalue weighted by Crippen LogP contribution is 2.31. The zero-order valence-corrected chi connectivity index (χ0v) is 17.2. The summed E-state index contributed by atoms with van der Waals surface area (Å²) in [5.41, 5.74) is 4.45. The van der Waals surface area contributed by atoms with Crippen molar-refractivity contribution in [2.75, 3.05) is 17.7 Å². The number of hydrogen-bond acceptors (Lipinski definition) is 3. The fraction of sp³-hybridized carbons (Fsp3) is 0.136. The lowest BCUT2D eigenvalue weighted by Crippen LogP contribution is -2.18. The van der Waals surface area contributed by atoms with Crippen LogP contribution in [0.25, 0.3) is 0 Å². The summed E-state index contributed by atoms with van der Waals surface area (Å²) in [6, 6.07) is 22.4. The highest BCUT2D eigenvalue weighted by molar-refractivity contribution is 7.99. The van der Waals surface area contributed by atoms with Gasteiger partial charge in [0.15, 0.2) is 5.11 Å². The van der Waals surface area contributed by atoms with Crippen molar-refractivity contribution in [3.63, 3.8) is 0 Å². The van der Waals surface area contributed by atoms with Crippen LogP contribution in [-0.2, 0) is 0 Å². The molecule has 0 amide bonds. The van der Waals surface area contributed by atoms with Crippen LogP contribution in [0.15, 0.2) is 76.5 Å². The summed E-state index contributed by atoms with van der Waals surface area (Å²) >= 11 is 7.16. The normalized spacial score (nSPS) is 10.3. The molecule has 0 atom stereocenters. The Kier molecular flexibility index (Phi) is 6.37. The van der Waals surface area contributed by atoms with E-state index in [1.807, 2.05) is 36.4 Å². The second-order valence-corrected chi connectivity index (χ2v) is 7.73. The van der Waals surface area contributed by atoms with Crippen LogP contribution < -0.4 is 15.4 Å². The number of anilines is 2. The van der Waals surface area contributed by atoms with Crippen molar-refractivity contribution in [1.29, 1.82) is 0 Å². The van der Waals surface area contributed by atoms with Crippen molar-refractivity contribution in [2.24, 2.45) is 0 Å². The Morgan fingerprint density at radius 1 is 0.852 bits per heavy atom. The standard InChI is InChI=1S/C22H22N2OS2/c1-15-4-13-21(16(2)14-15)27-20-11-7-18(8-12-20)24-22(26)23-17-5-9-19(25-3)10-6-17/h4-14H,1-3H3,(H2,23,24,26). The third-order valence-corrected chi connectivity index (χ3v) is 5.41. The fourth-order valence-corrected chi connectivity index (χ4v) is 3.73. The second kappa shape index (κ2) is 8.93. The Bertz CT molecular complexity index is 922. The Morgan fingerprint density at radius 3 is 2.00 bits per heavy atom. The van der Waals surface area contributed by atoms with Gasteiger partial charge >= 0.3 is 0 Å². The molecule has 0 aliphatic rings. The van der Waals surface area contributed by atoms with Gasteiger partial charge in [0.2, 0.25) is 0 Å². The van der Waals surface area contributed by atoms with Gasteiger partial charge in [-0.2, -0.15) is 0 Å². The summed E-state index contributed by atoms with van der Waals surface area (Å²) in [6.07, 6.45) is 0. The topological polar surface area (TPSA) is 33.3 Å². The SMILES string of the molecule is COc1ccc(NC(=S)Nc2ccc(Sc3ccc(C)cc3C)cc2)cc1. The van der Waals surface area contributed by atoms with Gasteiger partial charge in [0.1, 0.15) is 5.75 Å². The number of rotatable bonds is 5. The minimum atomic E-state index is 0.551. The van der Waals surface area contributed by atoms with Crippen LogP contribution >= 0.6 is 24.0 Å². The monoisotopic (exact) mass is 394 g/mol. The van der Waals surface area contributed by atoms with Gasteiger partial charge in [-0.1, -0.05) is 29.5 Å². The number of methoxy groups -OCH3 is 1. The van der Waals surface area contributed by atoms with Crippen LogP contribution in [0.4, 0.5) is 11.4 Å². The van der Waals surface area contributed by atoms with E-state index in [0.717, 1.165) is 17.1 Å². The van der Waals surface area contributed by atoms with Crippen molar-refractivity contribution >= 4 is 40.5 Å². The largest absolute Gasteiger partial charge is 0.497 e. The molecule has 0 aliphatic carbocycles. The predicted molar refractivity (Wildman–Crippen MR) is 119 cm³/mol. The molecule has 0 saturated carbocycles. The summed E-state index contributed by atoms with van der Waals surface area (Å²) in [6.45, 7) is 4.26. The molecule has 5 heteroatoms. The Hall–Kier alpha value is -2.50. The number of thiocarbonyl (C=S) groups is 1. The first-order chi connectivity index (χ1) is 13.0. The molecule has 3 aromatic rings. The molecule has 0 aliphatic heterocycles. The molecule has 0 saturated heterocycles. The highest BCUT2D eigenvalue weighted by atomic mass is 32.2. The molecule has 2 N–H and O–H groups in total. The smallest absolute Gasteiger partial charge is 0.175 e. The lowest BCUT2D eigenvalue weighted by atomic mass is 10.2. The zero-order valence-electron chi connectivity index (χ0n) is 15.6. The lowest BCUT2D eigenvalue weighted by Gasteiger charge is -2.12. The molecular formula is C22H22N2OS2. The van der Waals surface area contributed by atoms with Crippen molar-refractivity contribution in [2.45, 2.75) is 23.6 Å². The number of nitrogens with one attached hydrogen (secondary N) is 2. The third-order valence-electron chi connectivity index (χ3n) is 4.02. The number of aryl methyl sites for hydroxylation is 2. The molecule has 0 radical (unpaired) electrons. The first-order valence-electron chi connectivity index (χ1n) is 8.61. The van der Waals surface area contributed by atoms with E-state index in [9.17, 15) is 0 Å². The average molecular weight is 395 g/mol. The second-order valence-electron chi connectivity index (χ2n) is 6.20. The molecule has 3 aromatic carbocycles. The first-order valence-corrected chi connectivity index (χ1v) is 9.83. The van der Waals surface area contributed by atoms with Crippen LogP contribution in [0.1, 0.15) is 11.1 Å². The summed E-state index contributed by atoms with van der Waals surface area (Å²) in [7, 11) is 1.65. The van der Waals surface area contributed by atoms with Crippen molar-refractivity contribution < 1.29 is 4.74 Å². The van der Waals surface area contributed by atoms with Crippen LogP contribution in [0.3, 0.4) is 0 Å². The molecular weight excluding hydrogens is 372 g/mol. The van der Waals surface area contributed by atoms with Gasteiger partial charge in [-0.3, -0.25) is 0 Å². The molecule has 0 fully saturated rings. The average Bonchev–Trinajstić information content (AvgIpc) is 2.66. The zero-order chi connectivity index (χ0) is 19.2. The predicted octanol–water partition coefficient (Wildman–Crippen LogP) is 6.27. The van der Waals surface area contributed by atoms with Crippen molar-refractivity contribution in [3.8, 4) is 5.75 Å². The molecule has 138 valence electrons. The van der Waals surface area contributed by atoms with Gasteiger partial charge in [0.25, 0.3) is 0 Å². The quantitative estimate of drug-likeness (QED) is 0.498. The number of hydrogen-bond donors (Lipinski definition) is 2. The fourth-order valence-electron chi connectivity index (χ4n) is 2.61. The van der Waals surface area contributed by atoms with E-state index < -0.39 is 0 Å². The van der Waals surface area contributed by atoms with E-state index in [-0.39, 0.29) is 0 Å². The molecule has 27 heavy (non-hydrogen) atoms. The maximum atomic E-state index is 5.39. The Morgan fingerprint density at radius 2 is 1.44 bits per heavy atom. The van der Waals surface area contributed by atoms with E-state index in [0.29, 0.717) is 5.11 Å². The molecule has 0 heterocycles. The van der Waals surface area contributed by atoms with Gasteiger partial charge in [-0.15, -0.1) is 0 Å². The Labute approximate surface area is 170 Å². The van der Waals surface area contributed by atoms with E-state index >= 15 is 0 Å². The van der Waals surface area contributed by atoms with E-state index in [1.54, 1.807) is 18.9 Å². The van der Waals surface area contributed by atoms with E-state index in [2.05, 4.69) is 54.8 Å². The number of benzene rings is 3. The van der Waals surface area contributed by atoms with Crippen LogP contribution in [0, 0.1) is 13.8 Å². The molecule has 3 rings (SSSR count). The van der Waals surface area contributed by atoms with Crippen LogP contribution in [0.2, 0.25) is 0 Å². The van der Waals surface area contributed by atoms with E-state index in [4.69, 9.17) is 17.0 Å². The maximum Gasteiger partial charge on any atom is 0.175 e. The third kappa shape index (κ3) is 5.49. The van der Waals surface area contributed by atoms with Crippen LogP contribution in [0.5, 0.6) is 5.75 Å². The van der Waals surface area contributed by atoms with Gasteiger partial charge in [-0.25, -0.2) is 0 Å². The summed E-state index contributed by atoms with van der Waals surface area (Å²) in [4.78, 5) is 2.47. The molecule has 0 spiro atoms. The van der Waals surface area contributed by atoms with Gasteiger partial charge in [-0.05, 0) is 86.2 Å². The minimum absolute atomic E-state index is 0.551. The molecule has 3 nitrogen and oxygen atoms in total. The van der Waals surface area contributed by atoms with Crippen LogP contribution in [-0.4, -0.2) is 12.2 Å². The van der Waals surface area contributed by atoms with Crippen molar-refractivity contribution in [3.05, 3.63) is 77.9 Å².